The van der Waals surface area contributed by atoms with Crippen molar-refractivity contribution in [2.75, 3.05) is 16.2 Å². The first kappa shape index (κ1) is 29.1. The van der Waals surface area contributed by atoms with Gasteiger partial charge in [0.1, 0.15) is 9.92 Å². The van der Waals surface area contributed by atoms with Crippen LogP contribution in [0.1, 0.15) is 27.6 Å². The molecular weight excluding hydrogens is 605 g/mol. The van der Waals surface area contributed by atoms with E-state index in [1.165, 1.54) is 28.6 Å². The number of anilines is 2. The van der Waals surface area contributed by atoms with Crippen LogP contribution < -0.4 is 9.62 Å². The number of nitrogens with one attached hydrogen (secondary N) is 1. The Labute approximate surface area is 250 Å². The molecule has 13 heteroatoms. The molecule has 0 spiro atoms. The highest BCUT2D eigenvalue weighted by Crippen LogP contribution is 2.35. The lowest BCUT2D eigenvalue weighted by Crippen LogP contribution is -2.29. The second kappa shape index (κ2) is 11.8. The van der Waals surface area contributed by atoms with Crippen molar-refractivity contribution in [1.29, 1.82) is 0 Å². The number of carbonyl (C=O) groups excluding carboxylic acids is 2. The lowest BCUT2D eigenvalue weighted by molar-refractivity contribution is -0.384. The monoisotopic (exact) mass is 625 g/mol. The Morgan fingerprint density at radius 3 is 2.36 bits per heavy atom. The minimum Gasteiger partial charge on any atom is -0.444 e. The molecule has 0 fully saturated rings. The van der Waals surface area contributed by atoms with Crippen LogP contribution in [-0.4, -0.2) is 31.8 Å². The first-order valence-corrected chi connectivity index (χ1v) is 14.7. The fraction of sp³-hybridized carbons (Fsp3) is 0.103. The zero-order valence-electron chi connectivity index (χ0n) is 21.6. The first-order chi connectivity index (χ1) is 20.1. The zero-order chi connectivity index (χ0) is 30.0. The fourth-order valence-corrected chi connectivity index (χ4v) is 6.71. The maximum absolute atomic E-state index is 13.6. The summed E-state index contributed by atoms with van der Waals surface area (Å²) in [5, 5.41) is 13.6. The van der Waals surface area contributed by atoms with Gasteiger partial charge in [0.05, 0.1) is 21.2 Å². The number of halogens is 2. The Morgan fingerprint density at radius 1 is 0.929 bits per heavy atom. The first-order valence-electron chi connectivity index (χ1n) is 12.5. The maximum Gasteiger partial charge on any atom is 0.339 e. The van der Waals surface area contributed by atoms with E-state index in [2.05, 4.69) is 5.32 Å². The highest BCUT2D eigenvalue weighted by atomic mass is 35.5. The van der Waals surface area contributed by atoms with Crippen LogP contribution in [0.3, 0.4) is 0 Å². The Morgan fingerprint density at radius 2 is 1.62 bits per heavy atom. The van der Waals surface area contributed by atoms with Crippen LogP contribution in [0.2, 0.25) is 10.0 Å². The molecule has 1 atom stereocenters. The van der Waals surface area contributed by atoms with E-state index in [4.69, 9.17) is 27.9 Å². The van der Waals surface area contributed by atoms with Gasteiger partial charge in [0.25, 0.3) is 21.6 Å². The molecule has 1 N–H and O–H groups in total. The fourth-order valence-electron chi connectivity index (χ4n) is 4.52. The number of benzene rings is 4. The van der Waals surface area contributed by atoms with Crippen LogP contribution in [0.25, 0.3) is 0 Å². The number of hydrogen-bond donors (Lipinski definition) is 1. The van der Waals surface area contributed by atoms with Gasteiger partial charge in [-0.15, -0.1) is 0 Å². The van der Waals surface area contributed by atoms with E-state index in [0.29, 0.717) is 17.7 Å². The summed E-state index contributed by atoms with van der Waals surface area (Å²) in [6.07, 6.45) is -0.964. The van der Waals surface area contributed by atoms with Crippen LogP contribution in [0, 0.1) is 10.1 Å². The van der Waals surface area contributed by atoms with Gasteiger partial charge in [0.2, 0.25) is 6.10 Å². The molecule has 0 bridgehead atoms. The van der Waals surface area contributed by atoms with Crippen LogP contribution in [0.4, 0.5) is 17.1 Å². The van der Waals surface area contributed by atoms with Crippen LogP contribution in [-0.2, 0) is 26.0 Å². The standard InChI is InChI=1S/C29H21Cl2N3O7S/c30-22-13-11-21(17-25(22)34(37)38)32-28(35)27(19-7-2-1-3-8-19)41-29(36)20-10-12-23(31)26(16-20)42(39,40)33-15-14-18-6-4-5-9-24(18)33/h1-13,16-17,27H,14-15H2,(H,32,35). The van der Waals surface area contributed by atoms with Crippen LogP contribution >= 0.6 is 23.2 Å². The average Bonchev–Trinajstić information content (AvgIpc) is 3.42. The number of fused-ring (bicyclic) bond motifs is 1. The summed E-state index contributed by atoms with van der Waals surface area (Å²) in [5.74, 6) is -1.79. The van der Waals surface area contributed by atoms with E-state index in [1.54, 1.807) is 42.5 Å². The summed E-state index contributed by atoms with van der Waals surface area (Å²) in [6, 6.07) is 22.6. The van der Waals surface area contributed by atoms with Gasteiger partial charge in [-0.2, -0.15) is 0 Å². The van der Waals surface area contributed by atoms with Crippen molar-refractivity contribution in [3.8, 4) is 0 Å². The number of carbonyl (C=O) groups is 2. The molecule has 1 unspecified atom stereocenters. The van der Waals surface area contributed by atoms with Gasteiger partial charge in [0, 0.05) is 23.9 Å². The minimum absolute atomic E-state index is 0.0545. The molecule has 214 valence electrons. The molecule has 1 amide bonds. The summed E-state index contributed by atoms with van der Waals surface area (Å²) >= 11 is 12.2. The van der Waals surface area contributed by atoms with Crippen LogP contribution in [0.5, 0.6) is 0 Å². The number of amides is 1. The Bertz CT molecular complexity index is 1820. The van der Waals surface area contributed by atoms with Gasteiger partial charge in [-0.1, -0.05) is 71.7 Å². The Hall–Kier alpha value is -4.45. The van der Waals surface area contributed by atoms with E-state index in [-0.39, 0.29) is 32.7 Å². The van der Waals surface area contributed by atoms with Gasteiger partial charge in [-0.3, -0.25) is 19.2 Å². The smallest absolute Gasteiger partial charge is 0.339 e. The average molecular weight is 626 g/mol. The third kappa shape index (κ3) is 5.80. The Kier molecular flexibility index (Phi) is 8.17. The highest BCUT2D eigenvalue weighted by Gasteiger charge is 2.33. The SMILES string of the molecule is O=C(OC(C(=O)Nc1ccc(Cl)c([N+](=O)[O-])c1)c1ccccc1)c1ccc(Cl)c(S(=O)(=O)N2CCc3ccccc32)c1. The molecule has 0 saturated carbocycles. The molecular formula is C29H21Cl2N3O7S. The van der Waals surface area contributed by atoms with Gasteiger partial charge in [0.15, 0.2) is 0 Å². The van der Waals surface area contributed by atoms with Crippen molar-refractivity contribution < 1.29 is 27.7 Å². The quantitative estimate of drug-likeness (QED) is 0.140. The summed E-state index contributed by atoms with van der Waals surface area (Å²) in [4.78, 5) is 36.9. The summed E-state index contributed by atoms with van der Waals surface area (Å²) in [5.41, 5.74) is 1.20. The molecule has 0 radical (unpaired) electrons. The van der Waals surface area contributed by atoms with E-state index in [1.807, 2.05) is 12.1 Å². The van der Waals surface area contributed by atoms with E-state index >= 15 is 0 Å². The number of nitro groups is 1. The zero-order valence-corrected chi connectivity index (χ0v) is 23.9. The highest BCUT2D eigenvalue weighted by molar-refractivity contribution is 7.93. The molecule has 1 heterocycles. The molecule has 0 aliphatic carbocycles. The summed E-state index contributed by atoms with van der Waals surface area (Å²) in [7, 11) is -4.14. The minimum atomic E-state index is -4.14. The van der Waals surface area contributed by atoms with Gasteiger partial charge < -0.3 is 10.1 Å². The summed E-state index contributed by atoms with van der Waals surface area (Å²) in [6.45, 7) is 0.214. The Balaban J connectivity index is 1.43. The predicted molar refractivity (Wildman–Crippen MR) is 157 cm³/mol. The maximum atomic E-state index is 13.6. The topological polar surface area (TPSA) is 136 Å². The van der Waals surface area contributed by atoms with E-state index < -0.39 is 38.6 Å². The molecule has 1 aliphatic rings. The molecule has 4 aromatic rings. The van der Waals surface area contributed by atoms with Crippen molar-refractivity contribution in [2.45, 2.75) is 17.4 Å². The van der Waals surface area contributed by atoms with Gasteiger partial charge in [-0.05, 0) is 48.4 Å². The normalized spacial score (nSPS) is 13.2. The molecule has 5 rings (SSSR count). The number of nitro benzene ring substituents is 1. The van der Waals surface area contributed by atoms with Crippen molar-refractivity contribution in [3.63, 3.8) is 0 Å². The number of sulfonamides is 1. The number of esters is 1. The van der Waals surface area contributed by atoms with Crippen molar-refractivity contribution in [3.05, 3.63) is 128 Å². The number of para-hydroxylation sites is 1. The lowest BCUT2D eigenvalue weighted by atomic mass is 10.1. The van der Waals surface area contributed by atoms with Gasteiger partial charge >= 0.3 is 5.97 Å². The predicted octanol–water partition coefficient (Wildman–Crippen LogP) is 6.19. The number of rotatable bonds is 8. The van der Waals surface area contributed by atoms with Crippen molar-refractivity contribution in [1.82, 2.24) is 0 Å². The third-order valence-electron chi connectivity index (χ3n) is 6.56. The molecule has 4 aromatic carbocycles. The van der Waals surface area contributed by atoms with E-state index in [0.717, 1.165) is 17.7 Å². The van der Waals surface area contributed by atoms with Gasteiger partial charge in [-0.25, -0.2) is 13.2 Å². The summed E-state index contributed by atoms with van der Waals surface area (Å²) < 4.78 is 34.1. The number of hydrogen-bond acceptors (Lipinski definition) is 7. The lowest BCUT2D eigenvalue weighted by Gasteiger charge is -2.21. The second-order valence-corrected chi connectivity index (χ2v) is 11.9. The number of ether oxygens (including phenoxy) is 1. The molecule has 0 aromatic heterocycles. The third-order valence-corrected chi connectivity index (χ3v) is 9.17. The van der Waals surface area contributed by atoms with E-state index in [9.17, 15) is 28.1 Å². The number of nitrogens with zero attached hydrogens (tertiary/aromatic N) is 2. The molecule has 1 aliphatic heterocycles. The second-order valence-electron chi connectivity index (χ2n) is 9.21. The molecule has 10 nitrogen and oxygen atoms in total. The molecule has 0 saturated heterocycles. The van der Waals surface area contributed by atoms with Crippen molar-refractivity contribution in [2.24, 2.45) is 0 Å². The van der Waals surface area contributed by atoms with Crippen molar-refractivity contribution >= 4 is 62.2 Å². The largest absolute Gasteiger partial charge is 0.444 e. The molecule has 42 heavy (non-hydrogen) atoms. The van der Waals surface area contributed by atoms with Crippen LogP contribution in [0.15, 0.2) is 95.9 Å².